The number of nitrogens with zero attached hydrogens (tertiary/aromatic N) is 2. The largest absolute Gasteiger partial charge is 0.480 e. The van der Waals surface area contributed by atoms with Crippen LogP contribution in [0.2, 0.25) is 0 Å². The summed E-state index contributed by atoms with van der Waals surface area (Å²) in [5, 5.41) is 11.3. The number of fused-ring (bicyclic) bond motifs is 3. The third-order valence-electron chi connectivity index (χ3n) is 7.62. The summed E-state index contributed by atoms with van der Waals surface area (Å²) in [6.07, 6.45) is 1.09. The van der Waals surface area contributed by atoms with Gasteiger partial charge in [-0.1, -0.05) is 55.5 Å². The number of amides is 3. The third-order valence-corrected chi connectivity index (χ3v) is 7.62. The number of carboxylic acid groups (broad SMARTS) is 1. The fourth-order valence-corrected chi connectivity index (χ4v) is 5.93. The highest BCUT2D eigenvalue weighted by Gasteiger charge is 2.44. The van der Waals surface area contributed by atoms with Crippen LogP contribution >= 0.6 is 0 Å². The van der Waals surface area contributed by atoms with E-state index in [1.54, 1.807) is 0 Å². The van der Waals surface area contributed by atoms with Gasteiger partial charge in [0.05, 0.1) is 0 Å². The van der Waals surface area contributed by atoms with Crippen molar-refractivity contribution >= 4 is 23.9 Å². The molecule has 0 saturated carbocycles. The average molecular weight is 506 g/mol. The van der Waals surface area contributed by atoms with Gasteiger partial charge in [-0.05, 0) is 47.4 Å². The SMILES string of the molecule is C[C@H]1C[C@@H](C(=O)NCC(=O)O)N(C(=O)[C@@H]2CCCN2C(=O)OCC2c3ccccc3-c3ccccc32)C1. The van der Waals surface area contributed by atoms with Crippen LogP contribution in [0.5, 0.6) is 0 Å². The first-order valence-corrected chi connectivity index (χ1v) is 12.8. The highest BCUT2D eigenvalue weighted by Crippen LogP contribution is 2.44. The summed E-state index contributed by atoms with van der Waals surface area (Å²) in [6.45, 7) is 2.42. The van der Waals surface area contributed by atoms with Gasteiger partial charge in [0, 0.05) is 19.0 Å². The lowest BCUT2D eigenvalue weighted by Crippen LogP contribution is -2.53. The first-order chi connectivity index (χ1) is 17.8. The molecule has 1 aliphatic carbocycles. The van der Waals surface area contributed by atoms with Crippen molar-refractivity contribution in [3.8, 4) is 11.1 Å². The molecule has 2 fully saturated rings. The van der Waals surface area contributed by atoms with E-state index in [9.17, 15) is 19.2 Å². The van der Waals surface area contributed by atoms with Crippen molar-refractivity contribution in [2.24, 2.45) is 5.92 Å². The van der Waals surface area contributed by atoms with Crippen LogP contribution in [0.25, 0.3) is 11.1 Å². The molecule has 3 aliphatic rings. The van der Waals surface area contributed by atoms with Crippen LogP contribution in [-0.2, 0) is 19.1 Å². The third kappa shape index (κ3) is 4.77. The molecule has 9 heteroatoms. The molecule has 2 aromatic rings. The van der Waals surface area contributed by atoms with Crippen molar-refractivity contribution in [2.45, 2.75) is 44.2 Å². The molecular formula is C28H31N3O6. The van der Waals surface area contributed by atoms with E-state index >= 15 is 0 Å². The quantitative estimate of drug-likeness (QED) is 0.624. The minimum Gasteiger partial charge on any atom is -0.480 e. The Kier molecular flexibility index (Phi) is 6.86. The van der Waals surface area contributed by atoms with Crippen molar-refractivity contribution in [1.82, 2.24) is 15.1 Å². The van der Waals surface area contributed by atoms with Gasteiger partial charge in [0.25, 0.3) is 0 Å². The van der Waals surface area contributed by atoms with E-state index in [4.69, 9.17) is 9.84 Å². The maximum absolute atomic E-state index is 13.5. The van der Waals surface area contributed by atoms with E-state index in [0.717, 1.165) is 22.3 Å². The molecule has 2 N–H and O–H groups in total. The lowest BCUT2D eigenvalue weighted by Gasteiger charge is -2.30. The van der Waals surface area contributed by atoms with Crippen LogP contribution in [-0.4, -0.2) is 77.1 Å². The zero-order valence-electron chi connectivity index (χ0n) is 20.8. The molecule has 5 rings (SSSR count). The number of benzene rings is 2. The van der Waals surface area contributed by atoms with E-state index in [-0.39, 0.29) is 24.3 Å². The number of carboxylic acids is 1. The zero-order chi connectivity index (χ0) is 26.1. The highest BCUT2D eigenvalue weighted by molar-refractivity contribution is 5.93. The monoisotopic (exact) mass is 505 g/mol. The smallest absolute Gasteiger partial charge is 0.410 e. The highest BCUT2D eigenvalue weighted by atomic mass is 16.6. The molecule has 0 bridgehead atoms. The Bertz CT molecular complexity index is 1180. The number of nitrogens with one attached hydrogen (secondary N) is 1. The normalized spacial score (nSPS) is 22.5. The summed E-state index contributed by atoms with van der Waals surface area (Å²) < 4.78 is 5.80. The summed E-state index contributed by atoms with van der Waals surface area (Å²) in [7, 11) is 0. The van der Waals surface area contributed by atoms with Crippen LogP contribution in [0.15, 0.2) is 48.5 Å². The molecule has 0 radical (unpaired) electrons. The van der Waals surface area contributed by atoms with Gasteiger partial charge in [-0.15, -0.1) is 0 Å². The Labute approximate surface area is 215 Å². The van der Waals surface area contributed by atoms with E-state index in [2.05, 4.69) is 29.6 Å². The summed E-state index contributed by atoms with van der Waals surface area (Å²) in [5.74, 6) is -1.89. The lowest BCUT2D eigenvalue weighted by molar-refractivity contribution is -0.142. The minimum absolute atomic E-state index is 0.0742. The average Bonchev–Trinajstić information content (AvgIpc) is 3.61. The van der Waals surface area contributed by atoms with Gasteiger partial charge in [-0.3, -0.25) is 19.3 Å². The Balaban J connectivity index is 1.26. The van der Waals surface area contributed by atoms with Crippen LogP contribution in [0, 0.1) is 5.92 Å². The Hall–Kier alpha value is -3.88. The standard InChI is InChI=1S/C28H31N3O6/c1-17-13-24(26(34)29-14-25(32)33)31(15-17)27(35)23-11-6-12-30(23)28(36)37-16-22-20-9-4-2-7-18(20)19-8-3-5-10-21(19)22/h2-5,7-10,17,22-24H,6,11-16H2,1H3,(H,29,34)(H,32,33)/t17-,23-,24-/m0/s1. The molecule has 2 aromatic carbocycles. The Morgan fingerprint density at radius 1 is 0.973 bits per heavy atom. The van der Waals surface area contributed by atoms with Gasteiger partial charge in [0.1, 0.15) is 25.2 Å². The molecule has 37 heavy (non-hydrogen) atoms. The van der Waals surface area contributed by atoms with Gasteiger partial charge in [0.2, 0.25) is 11.8 Å². The van der Waals surface area contributed by atoms with E-state index in [1.165, 1.54) is 9.80 Å². The van der Waals surface area contributed by atoms with Crippen molar-refractivity contribution in [3.63, 3.8) is 0 Å². The molecule has 9 nitrogen and oxygen atoms in total. The molecule has 0 unspecified atom stereocenters. The second-order valence-corrected chi connectivity index (χ2v) is 10.1. The summed E-state index contributed by atoms with van der Waals surface area (Å²) in [6, 6.07) is 14.8. The molecule has 2 heterocycles. The molecule has 3 atom stereocenters. The summed E-state index contributed by atoms with van der Waals surface area (Å²) >= 11 is 0. The number of carbonyl (C=O) groups is 4. The van der Waals surface area contributed by atoms with Gasteiger partial charge in [-0.2, -0.15) is 0 Å². The van der Waals surface area contributed by atoms with Crippen LogP contribution in [0.1, 0.15) is 43.2 Å². The number of hydrogen-bond donors (Lipinski definition) is 2. The molecule has 3 amide bonds. The first kappa shape index (κ1) is 24.8. The van der Waals surface area contributed by atoms with Gasteiger partial charge in [-0.25, -0.2) is 4.79 Å². The Morgan fingerprint density at radius 3 is 2.27 bits per heavy atom. The first-order valence-electron chi connectivity index (χ1n) is 12.8. The molecule has 0 aromatic heterocycles. The van der Waals surface area contributed by atoms with Crippen molar-refractivity contribution in [3.05, 3.63) is 59.7 Å². The zero-order valence-corrected chi connectivity index (χ0v) is 20.8. The maximum atomic E-state index is 13.5. The van der Waals surface area contributed by atoms with Crippen molar-refractivity contribution < 1.29 is 29.0 Å². The minimum atomic E-state index is -1.14. The number of rotatable bonds is 6. The second-order valence-electron chi connectivity index (χ2n) is 10.1. The van der Waals surface area contributed by atoms with E-state index in [1.807, 2.05) is 31.2 Å². The van der Waals surface area contributed by atoms with E-state index in [0.29, 0.717) is 32.4 Å². The number of hydrogen-bond acceptors (Lipinski definition) is 5. The number of carbonyl (C=O) groups excluding carboxylic acids is 3. The molecular weight excluding hydrogens is 474 g/mol. The summed E-state index contributed by atoms with van der Waals surface area (Å²) in [4.78, 5) is 53.2. The Morgan fingerprint density at radius 2 is 1.62 bits per heavy atom. The predicted molar refractivity (Wildman–Crippen MR) is 135 cm³/mol. The number of aliphatic carboxylic acids is 1. The van der Waals surface area contributed by atoms with E-state index < -0.39 is 36.6 Å². The molecule has 0 spiro atoms. The van der Waals surface area contributed by atoms with Gasteiger partial charge < -0.3 is 20.1 Å². The summed E-state index contributed by atoms with van der Waals surface area (Å²) in [5.41, 5.74) is 4.52. The second kappa shape index (κ2) is 10.2. The van der Waals surface area contributed by atoms with Crippen LogP contribution in [0.4, 0.5) is 4.79 Å². The number of likely N-dealkylation sites (tertiary alicyclic amines) is 2. The maximum Gasteiger partial charge on any atom is 0.410 e. The van der Waals surface area contributed by atoms with Gasteiger partial charge >= 0.3 is 12.1 Å². The van der Waals surface area contributed by atoms with Gasteiger partial charge in [0.15, 0.2) is 0 Å². The fourth-order valence-electron chi connectivity index (χ4n) is 5.93. The van der Waals surface area contributed by atoms with Crippen molar-refractivity contribution in [2.75, 3.05) is 26.2 Å². The number of ether oxygens (including phenoxy) is 1. The predicted octanol–water partition coefficient (Wildman–Crippen LogP) is 2.84. The van der Waals surface area contributed by atoms with Crippen molar-refractivity contribution in [1.29, 1.82) is 0 Å². The van der Waals surface area contributed by atoms with Crippen LogP contribution < -0.4 is 5.32 Å². The topological polar surface area (TPSA) is 116 Å². The molecule has 194 valence electrons. The lowest BCUT2D eigenvalue weighted by atomic mass is 9.98. The molecule has 2 aliphatic heterocycles. The van der Waals surface area contributed by atoms with Crippen LogP contribution in [0.3, 0.4) is 0 Å². The molecule has 2 saturated heterocycles. The fraction of sp³-hybridized carbons (Fsp3) is 0.429.